The van der Waals surface area contributed by atoms with Crippen molar-refractivity contribution in [1.29, 1.82) is 0 Å². The molecule has 0 aliphatic carbocycles. The van der Waals surface area contributed by atoms with Crippen LogP contribution in [-0.4, -0.2) is 37.7 Å². The molecule has 0 bridgehead atoms. The lowest BCUT2D eigenvalue weighted by atomic mass is 9.99. The number of esters is 1. The van der Waals surface area contributed by atoms with Crippen LogP contribution in [0.15, 0.2) is 0 Å². The second-order valence-corrected chi connectivity index (χ2v) is 4.40. The fourth-order valence-electron chi connectivity index (χ4n) is 1.83. The predicted molar refractivity (Wildman–Crippen MR) is 62.4 cm³/mol. The molecule has 1 rings (SSSR count). The van der Waals surface area contributed by atoms with Gasteiger partial charge in [-0.3, -0.25) is 4.79 Å². The van der Waals surface area contributed by atoms with E-state index in [1.807, 2.05) is 13.8 Å². The molecule has 1 aliphatic heterocycles. The molecule has 1 N–H and O–H groups in total. The van der Waals surface area contributed by atoms with Gasteiger partial charge in [0.1, 0.15) is 12.1 Å². The van der Waals surface area contributed by atoms with Crippen LogP contribution in [0.1, 0.15) is 33.1 Å². The number of nitrogens with one attached hydrogen (secondary N) is 1. The molecule has 1 saturated heterocycles. The van der Waals surface area contributed by atoms with Crippen LogP contribution in [0, 0.1) is 5.92 Å². The van der Waals surface area contributed by atoms with Gasteiger partial charge in [-0.05, 0) is 18.8 Å². The molecular weight excluding hydrogens is 222 g/mol. The summed E-state index contributed by atoms with van der Waals surface area (Å²) in [5.74, 6) is -0.559. The van der Waals surface area contributed by atoms with Crippen LogP contribution >= 0.6 is 0 Å². The number of carbonyl (C=O) groups excluding carboxylic acids is 2. The monoisotopic (exact) mass is 243 g/mol. The van der Waals surface area contributed by atoms with Crippen molar-refractivity contribution in [1.82, 2.24) is 5.32 Å². The number of carbonyl (C=O) groups is 2. The first-order valence-corrected chi connectivity index (χ1v) is 6.10. The van der Waals surface area contributed by atoms with E-state index >= 15 is 0 Å². The minimum atomic E-state index is -0.582. The maximum absolute atomic E-state index is 11.9. The van der Waals surface area contributed by atoms with Crippen molar-refractivity contribution < 1.29 is 19.1 Å². The second-order valence-electron chi connectivity index (χ2n) is 4.40. The quantitative estimate of drug-likeness (QED) is 0.728. The van der Waals surface area contributed by atoms with Gasteiger partial charge >= 0.3 is 5.97 Å². The van der Waals surface area contributed by atoms with Gasteiger partial charge in [0.25, 0.3) is 0 Å². The molecule has 1 heterocycles. The molecule has 5 nitrogen and oxygen atoms in total. The minimum absolute atomic E-state index is 0.0489. The van der Waals surface area contributed by atoms with Crippen LogP contribution in [0.3, 0.4) is 0 Å². The molecule has 0 unspecified atom stereocenters. The van der Waals surface area contributed by atoms with Crippen molar-refractivity contribution in [2.24, 2.45) is 5.92 Å². The van der Waals surface area contributed by atoms with Crippen molar-refractivity contribution in [2.75, 3.05) is 13.7 Å². The Balaban J connectivity index is 2.58. The zero-order chi connectivity index (χ0) is 12.8. The van der Waals surface area contributed by atoms with Gasteiger partial charge < -0.3 is 14.8 Å². The van der Waals surface area contributed by atoms with E-state index in [1.165, 1.54) is 7.11 Å². The normalized spacial score (nSPS) is 22.9. The summed E-state index contributed by atoms with van der Waals surface area (Å²) in [6, 6.07) is -0.582. The third-order valence-corrected chi connectivity index (χ3v) is 3.19. The Labute approximate surface area is 102 Å². The Morgan fingerprint density at radius 3 is 2.71 bits per heavy atom. The molecule has 0 spiro atoms. The molecule has 98 valence electrons. The molecule has 0 aromatic heterocycles. The van der Waals surface area contributed by atoms with E-state index in [9.17, 15) is 9.59 Å². The van der Waals surface area contributed by atoms with Crippen molar-refractivity contribution in [3.63, 3.8) is 0 Å². The zero-order valence-electron chi connectivity index (χ0n) is 10.7. The summed E-state index contributed by atoms with van der Waals surface area (Å²) in [6.07, 6.45) is 2.00. The molecule has 0 saturated carbocycles. The zero-order valence-corrected chi connectivity index (χ0v) is 10.7. The van der Waals surface area contributed by atoms with E-state index < -0.39 is 18.1 Å². The van der Waals surface area contributed by atoms with Crippen molar-refractivity contribution >= 4 is 11.9 Å². The minimum Gasteiger partial charge on any atom is -0.467 e. The third-order valence-electron chi connectivity index (χ3n) is 3.19. The fourth-order valence-corrected chi connectivity index (χ4v) is 1.83. The summed E-state index contributed by atoms with van der Waals surface area (Å²) in [6.45, 7) is 4.50. The molecule has 1 amide bonds. The van der Waals surface area contributed by atoms with Crippen LogP contribution in [0.25, 0.3) is 0 Å². The number of methoxy groups -OCH3 is 1. The molecule has 17 heavy (non-hydrogen) atoms. The van der Waals surface area contributed by atoms with Gasteiger partial charge in [0.05, 0.1) is 7.11 Å². The van der Waals surface area contributed by atoms with E-state index in [2.05, 4.69) is 5.32 Å². The highest BCUT2D eigenvalue weighted by Crippen LogP contribution is 2.14. The Hall–Kier alpha value is -1.10. The SMILES string of the molecule is CC[C@H](C)[C@H](NC(=O)[C@@H]1CCCO1)C(=O)OC. The van der Waals surface area contributed by atoms with Crippen LogP contribution in [0.5, 0.6) is 0 Å². The lowest BCUT2D eigenvalue weighted by Gasteiger charge is -2.23. The standard InChI is InChI=1S/C12H21NO4/c1-4-8(2)10(12(15)16-3)13-11(14)9-6-5-7-17-9/h8-10H,4-7H2,1-3H3,(H,13,14)/t8-,9-,10-/m0/s1. The number of hydrogen-bond acceptors (Lipinski definition) is 4. The van der Waals surface area contributed by atoms with E-state index in [1.54, 1.807) is 0 Å². The molecular formula is C12H21NO4. The Bertz CT molecular complexity index is 274. The summed E-state index contributed by atoms with van der Waals surface area (Å²) < 4.78 is 9.98. The number of amides is 1. The molecule has 0 aromatic rings. The predicted octanol–water partition coefficient (Wildman–Crippen LogP) is 0.869. The topological polar surface area (TPSA) is 64.6 Å². The third kappa shape index (κ3) is 3.70. The van der Waals surface area contributed by atoms with Crippen LogP contribution in [0.2, 0.25) is 0 Å². The number of ether oxygens (including phenoxy) is 2. The lowest BCUT2D eigenvalue weighted by Crippen LogP contribution is -2.49. The van der Waals surface area contributed by atoms with Gasteiger partial charge in [-0.2, -0.15) is 0 Å². The maximum atomic E-state index is 11.9. The Morgan fingerprint density at radius 2 is 2.24 bits per heavy atom. The van der Waals surface area contributed by atoms with E-state index in [-0.39, 0.29) is 11.8 Å². The molecule has 0 radical (unpaired) electrons. The van der Waals surface area contributed by atoms with Gasteiger partial charge in [0.15, 0.2) is 0 Å². The fraction of sp³-hybridized carbons (Fsp3) is 0.833. The Kier molecular flexibility index (Phi) is 5.41. The first-order chi connectivity index (χ1) is 8.10. The maximum Gasteiger partial charge on any atom is 0.328 e. The number of hydrogen-bond donors (Lipinski definition) is 1. The summed E-state index contributed by atoms with van der Waals surface area (Å²) >= 11 is 0. The average Bonchev–Trinajstić information content (AvgIpc) is 2.87. The molecule has 1 aliphatic rings. The highest BCUT2D eigenvalue weighted by molar-refractivity contribution is 5.87. The second kappa shape index (κ2) is 6.59. The average molecular weight is 243 g/mol. The van der Waals surface area contributed by atoms with Gasteiger partial charge in [0.2, 0.25) is 5.91 Å². The summed E-state index contributed by atoms with van der Waals surface area (Å²) in [5.41, 5.74) is 0. The highest BCUT2D eigenvalue weighted by Gasteiger charge is 2.31. The summed E-state index contributed by atoms with van der Waals surface area (Å²) in [5, 5.41) is 2.72. The van der Waals surface area contributed by atoms with Crippen molar-refractivity contribution in [3.05, 3.63) is 0 Å². The smallest absolute Gasteiger partial charge is 0.328 e. The summed E-state index contributed by atoms with van der Waals surface area (Å²) in [4.78, 5) is 23.4. The molecule has 5 heteroatoms. The van der Waals surface area contributed by atoms with Crippen molar-refractivity contribution in [3.8, 4) is 0 Å². The van der Waals surface area contributed by atoms with E-state index in [0.717, 1.165) is 19.3 Å². The first-order valence-electron chi connectivity index (χ1n) is 6.10. The van der Waals surface area contributed by atoms with E-state index in [4.69, 9.17) is 9.47 Å². The first kappa shape index (κ1) is 14.0. The largest absolute Gasteiger partial charge is 0.467 e. The Morgan fingerprint density at radius 1 is 1.53 bits per heavy atom. The molecule has 0 aromatic carbocycles. The van der Waals surface area contributed by atoms with Crippen LogP contribution < -0.4 is 5.32 Å². The van der Waals surface area contributed by atoms with Crippen molar-refractivity contribution in [2.45, 2.75) is 45.3 Å². The van der Waals surface area contributed by atoms with Crippen LogP contribution in [-0.2, 0) is 19.1 Å². The van der Waals surface area contributed by atoms with Gasteiger partial charge in [-0.1, -0.05) is 20.3 Å². The van der Waals surface area contributed by atoms with Gasteiger partial charge in [0, 0.05) is 6.61 Å². The molecule has 3 atom stereocenters. The van der Waals surface area contributed by atoms with E-state index in [0.29, 0.717) is 6.61 Å². The van der Waals surface area contributed by atoms with Gasteiger partial charge in [-0.25, -0.2) is 4.79 Å². The van der Waals surface area contributed by atoms with Gasteiger partial charge in [-0.15, -0.1) is 0 Å². The van der Waals surface area contributed by atoms with Crippen LogP contribution in [0.4, 0.5) is 0 Å². The lowest BCUT2D eigenvalue weighted by molar-refractivity contribution is -0.148. The highest BCUT2D eigenvalue weighted by atomic mass is 16.5. The number of rotatable bonds is 5. The summed E-state index contributed by atoms with van der Waals surface area (Å²) in [7, 11) is 1.33. The molecule has 1 fully saturated rings.